The van der Waals surface area contributed by atoms with Crippen LogP contribution < -0.4 is 10.2 Å². The fourth-order valence-electron chi connectivity index (χ4n) is 2.80. The summed E-state index contributed by atoms with van der Waals surface area (Å²) in [5, 5.41) is 2.94. The molecule has 3 rings (SSSR count). The molecule has 126 valence electrons. The Hall–Kier alpha value is -2.15. The number of benzene rings is 1. The van der Waals surface area contributed by atoms with Gasteiger partial charge in [0.15, 0.2) is 0 Å². The molecule has 1 aromatic carbocycles. The lowest BCUT2D eigenvalue weighted by Gasteiger charge is -2.31. The van der Waals surface area contributed by atoms with E-state index < -0.39 is 0 Å². The summed E-state index contributed by atoms with van der Waals surface area (Å²) in [5.74, 6) is 1.66. The van der Waals surface area contributed by atoms with Crippen LogP contribution in [0.1, 0.15) is 17.1 Å². The minimum Gasteiger partial charge on any atom is -0.362 e. The van der Waals surface area contributed by atoms with Gasteiger partial charge in [0.05, 0.1) is 12.2 Å². The smallest absolute Gasteiger partial charge is 0.322 e. The van der Waals surface area contributed by atoms with Crippen LogP contribution in [-0.4, -0.2) is 41.5 Å². The normalized spacial score (nSPS) is 13.4. The van der Waals surface area contributed by atoms with E-state index in [-0.39, 0.29) is 6.03 Å². The Morgan fingerprint density at radius 1 is 1.25 bits per heavy atom. The maximum atomic E-state index is 12.6. The first-order valence-electron chi connectivity index (χ1n) is 7.79. The Labute approximate surface area is 150 Å². The third kappa shape index (κ3) is 3.51. The first-order valence-corrected chi connectivity index (χ1v) is 8.58. The van der Waals surface area contributed by atoms with Crippen molar-refractivity contribution in [1.29, 1.82) is 0 Å². The number of nitrogens with zero attached hydrogens (tertiary/aromatic N) is 4. The molecule has 0 atom stereocenters. The summed E-state index contributed by atoms with van der Waals surface area (Å²) in [7, 11) is 3.92. The topological polar surface area (TPSA) is 61.4 Å². The predicted octanol–water partition coefficient (Wildman–Crippen LogP) is 3.20. The van der Waals surface area contributed by atoms with E-state index >= 15 is 0 Å². The summed E-state index contributed by atoms with van der Waals surface area (Å²) < 4.78 is 0.982. The van der Waals surface area contributed by atoms with Gasteiger partial charge in [-0.05, 0) is 31.2 Å². The summed E-state index contributed by atoms with van der Waals surface area (Å²) in [5.41, 5.74) is 2.85. The lowest BCUT2D eigenvalue weighted by molar-refractivity contribution is 0.206. The summed E-state index contributed by atoms with van der Waals surface area (Å²) in [4.78, 5) is 25.4. The molecule has 1 aliphatic rings. The van der Waals surface area contributed by atoms with Gasteiger partial charge in [-0.1, -0.05) is 15.9 Å². The standard InChI is InChI=1S/C17H20BrN5O/c1-11-19-15-8-9-23(10-14(15)16(20-11)22(2)3)17(24)21-13-6-4-12(18)5-7-13/h4-7H,8-10H2,1-3H3,(H,21,24). The van der Waals surface area contributed by atoms with E-state index in [1.807, 2.05) is 50.2 Å². The van der Waals surface area contributed by atoms with E-state index in [0.29, 0.717) is 13.1 Å². The van der Waals surface area contributed by atoms with Gasteiger partial charge in [0.25, 0.3) is 0 Å². The Morgan fingerprint density at radius 3 is 2.62 bits per heavy atom. The molecule has 0 bridgehead atoms. The fourth-order valence-corrected chi connectivity index (χ4v) is 3.06. The van der Waals surface area contributed by atoms with Gasteiger partial charge in [-0.3, -0.25) is 0 Å². The molecule has 2 heterocycles. The number of halogens is 1. The van der Waals surface area contributed by atoms with Crippen LogP contribution in [0.15, 0.2) is 28.7 Å². The molecule has 6 nitrogen and oxygen atoms in total. The van der Waals surface area contributed by atoms with Crippen LogP contribution in [-0.2, 0) is 13.0 Å². The Bertz CT molecular complexity index is 760. The number of anilines is 2. The highest BCUT2D eigenvalue weighted by Gasteiger charge is 2.25. The number of aryl methyl sites for hydroxylation is 1. The number of nitrogens with one attached hydrogen (secondary N) is 1. The zero-order valence-corrected chi connectivity index (χ0v) is 15.6. The number of amides is 2. The number of urea groups is 1. The van der Waals surface area contributed by atoms with Crippen molar-refractivity contribution in [2.75, 3.05) is 30.9 Å². The maximum absolute atomic E-state index is 12.6. The van der Waals surface area contributed by atoms with Crippen LogP contribution in [0.25, 0.3) is 0 Å². The predicted molar refractivity (Wildman–Crippen MR) is 98.4 cm³/mol. The van der Waals surface area contributed by atoms with E-state index in [1.165, 1.54) is 0 Å². The van der Waals surface area contributed by atoms with Gasteiger partial charge in [0.1, 0.15) is 11.6 Å². The highest BCUT2D eigenvalue weighted by molar-refractivity contribution is 9.10. The van der Waals surface area contributed by atoms with Crippen LogP contribution >= 0.6 is 15.9 Å². The molecule has 0 unspecified atom stereocenters. The largest absolute Gasteiger partial charge is 0.362 e. The summed E-state index contributed by atoms with van der Waals surface area (Å²) in [6.07, 6.45) is 0.743. The van der Waals surface area contributed by atoms with Crippen LogP contribution in [0.4, 0.5) is 16.3 Å². The lowest BCUT2D eigenvalue weighted by atomic mass is 10.1. The molecule has 0 saturated carbocycles. The quantitative estimate of drug-likeness (QED) is 0.856. The van der Waals surface area contributed by atoms with Gasteiger partial charge < -0.3 is 15.1 Å². The maximum Gasteiger partial charge on any atom is 0.322 e. The molecular weight excluding hydrogens is 370 g/mol. The second-order valence-electron chi connectivity index (χ2n) is 6.02. The third-order valence-electron chi connectivity index (χ3n) is 3.96. The van der Waals surface area contributed by atoms with Crippen LogP contribution in [0.3, 0.4) is 0 Å². The second-order valence-corrected chi connectivity index (χ2v) is 6.94. The molecule has 0 aliphatic carbocycles. The zero-order valence-electron chi connectivity index (χ0n) is 14.0. The number of aromatic nitrogens is 2. The summed E-state index contributed by atoms with van der Waals surface area (Å²) in [6.45, 7) is 3.07. The average Bonchev–Trinajstić information content (AvgIpc) is 2.55. The number of carbonyl (C=O) groups is 1. The number of fused-ring (bicyclic) bond motifs is 1. The average molecular weight is 390 g/mol. The Kier molecular flexibility index (Phi) is 4.71. The van der Waals surface area contributed by atoms with Gasteiger partial charge >= 0.3 is 6.03 Å². The number of carbonyl (C=O) groups excluding carboxylic acids is 1. The summed E-state index contributed by atoms with van der Waals surface area (Å²) in [6, 6.07) is 7.45. The molecule has 1 aliphatic heterocycles. The van der Waals surface area contributed by atoms with Gasteiger partial charge in [-0.25, -0.2) is 14.8 Å². The van der Waals surface area contributed by atoms with Crippen molar-refractivity contribution in [3.05, 3.63) is 45.8 Å². The zero-order chi connectivity index (χ0) is 17.3. The van der Waals surface area contributed by atoms with Crippen LogP contribution in [0.5, 0.6) is 0 Å². The first-order chi connectivity index (χ1) is 11.4. The van der Waals surface area contributed by atoms with E-state index in [4.69, 9.17) is 0 Å². The van der Waals surface area contributed by atoms with Gasteiger partial charge in [0, 0.05) is 42.8 Å². The Morgan fingerprint density at radius 2 is 1.96 bits per heavy atom. The van der Waals surface area contributed by atoms with Crippen molar-refractivity contribution >= 4 is 33.5 Å². The number of hydrogen-bond acceptors (Lipinski definition) is 4. The highest BCUT2D eigenvalue weighted by Crippen LogP contribution is 2.26. The molecule has 24 heavy (non-hydrogen) atoms. The SMILES string of the molecule is Cc1nc2c(c(N(C)C)n1)CN(C(=O)Nc1ccc(Br)cc1)CC2. The number of rotatable bonds is 2. The van der Waals surface area contributed by atoms with Crippen molar-refractivity contribution < 1.29 is 4.79 Å². The van der Waals surface area contributed by atoms with Gasteiger partial charge in [-0.2, -0.15) is 0 Å². The minimum absolute atomic E-state index is 0.103. The van der Waals surface area contributed by atoms with E-state index in [0.717, 1.165) is 39.5 Å². The first kappa shape index (κ1) is 16.7. The van der Waals surface area contributed by atoms with Crippen molar-refractivity contribution in [3.8, 4) is 0 Å². The molecule has 0 saturated heterocycles. The van der Waals surface area contributed by atoms with E-state index in [1.54, 1.807) is 4.90 Å². The van der Waals surface area contributed by atoms with Crippen molar-refractivity contribution in [2.45, 2.75) is 19.9 Å². The molecular formula is C17H20BrN5O. The molecule has 1 aromatic heterocycles. The van der Waals surface area contributed by atoms with Crippen molar-refractivity contribution in [3.63, 3.8) is 0 Å². The third-order valence-corrected chi connectivity index (χ3v) is 4.49. The molecule has 0 spiro atoms. The van der Waals surface area contributed by atoms with Crippen molar-refractivity contribution in [2.24, 2.45) is 0 Å². The lowest BCUT2D eigenvalue weighted by Crippen LogP contribution is -2.40. The van der Waals surface area contributed by atoms with Crippen molar-refractivity contribution in [1.82, 2.24) is 14.9 Å². The highest BCUT2D eigenvalue weighted by atomic mass is 79.9. The number of hydrogen-bond donors (Lipinski definition) is 1. The van der Waals surface area contributed by atoms with Crippen LogP contribution in [0, 0.1) is 6.92 Å². The fraction of sp³-hybridized carbons (Fsp3) is 0.353. The minimum atomic E-state index is -0.103. The summed E-state index contributed by atoms with van der Waals surface area (Å²) >= 11 is 3.39. The monoisotopic (exact) mass is 389 g/mol. The molecule has 0 radical (unpaired) electrons. The van der Waals surface area contributed by atoms with Crippen LogP contribution in [0.2, 0.25) is 0 Å². The van der Waals surface area contributed by atoms with E-state index in [9.17, 15) is 4.79 Å². The molecule has 2 aromatic rings. The van der Waals surface area contributed by atoms with Gasteiger partial charge in [-0.15, -0.1) is 0 Å². The molecule has 7 heteroatoms. The Balaban J connectivity index is 1.79. The molecule has 0 fully saturated rings. The second kappa shape index (κ2) is 6.76. The molecule has 1 N–H and O–H groups in total. The van der Waals surface area contributed by atoms with Gasteiger partial charge in [0.2, 0.25) is 0 Å². The van der Waals surface area contributed by atoms with E-state index in [2.05, 4.69) is 31.2 Å². The molecule has 2 amide bonds.